The molecule has 190 valence electrons. The van der Waals surface area contributed by atoms with E-state index in [-0.39, 0.29) is 25.0 Å². The molecule has 1 atom stereocenters. The molecule has 1 unspecified atom stereocenters. The van der Waals surface area contributed by atoms with Gasteiger partial charge >= 0.3 is 0 Å². The highest BCUT2D eigenvalue weighted by molar-refractivity contribution is 9.10. The van der Waals surface area contributed by atoms with Gasteiger partial charge in [0, 0.05) is 23.0 Å². The molecule has 3 rings (SSSR count). The predicted octanol–water partition coefficient (Wildman–Crippen LogP) is 5.95. The van der Waals surface area contributed by atoms with Crippen molar-refractivity contribution in [2.45, 2.75) is 58.7 Å². The minimum atomic E-state index is -0.704. The summed E-state index contributed by atoms with van der Waals surface area (Å²) >= 11 is 3.51. The quantitative estimate of drug-likeness (QED) is 0.339. The Kier molecular flexibility index (Phi) is 9.71. The van der Waals surface area contributed by atoms with Crippen LogP contribution < -0.4 is 10.1 Å². The van der Waals surface area contributed by atoms with Gasteiger partial charge in [0.25, 0.3) is 5.91 Å². The van der Waals surface area contributed by atoms with Crippen molar-refractivity contribution in [3.63, 3.8) is 0 Å². The minimum absolute atomic E-state index is 0.159. The smallest absolute Gasteiger partial charge is 0.261 e. The number of ether oxygens (including phenoxy) is 1. The van der Waals surface area contributed by atoms with E-state index in [1.807, 2.05) is 99.6 Å². The largest absolute Gasteiger partial charge is 0.484 e. The number of rotatable bonds is 10. The lowest BCUT2D eigenvalue weighted by Gasteiger charge is -2.33. The van der Waals surface area contributed by atoms with Crippen LogP contribution in [-0.2, 0) is 29.0 Å². The molecule has 0 aromatic heterocycles. The van der Waals surface area contributed by atoms with Crippen LogP contribution in [0.2, 0.25) is 0 Å². The molecule has 36 heavy (non-hydrogen) atoms. The van der Waals surface area contributed by atoms with Crippen LogP contribution in [0.1, 0.15) is 44.4 Å². The fourth-order valence-corrected chi connectivity index (χ4v) is 4.33. The van der Waals surface area contributed by atoms with Gasteiger partial charge in [0.15, 0.2) is 6.61 Å². The first-order valence-corrected chi connectivity index (χ1v) is 13.1. The van der Waals surface area contributed by atoms with Gasteiger partial charge in [-0.3, -0.25) is 9.59 Å². The molecule has 0 saturated heterocycles. The lowest BCUT2D eigenvalue weighted by atomic mass is 10.0. The number of benzene rings is 3. The first-order valence-electron chi connectivity index (χ1n) is 12.3. The molecule has 0 radical (unpaired) electrons. The van der Waals surface area contributed by atoms with Gasteiger partial charge < -0.3 is 15.0 Å². The van der Waals surface area contributed by atoms with Crippen molar-refractivity contribution in [2.75, 3.05) is 6.61 Å². The van der Waals surface area contributed by atoms with Crippen molar-refractivity contribution < 1.29 is 14.3 Å². The summed E-state index contributed by atoms with van der Waals surface area (Å²) in [6.45, 7) is 8.03. The molecule has 0 aliphatic rings. The van der Waals surface area contributed by atoms with Gasteiger partial charge in [0.2, 0.25) is 5.91 Å². The first-order chi connectivity index (χ1) is 17.1. The van der Waals surface area contributed by atoms with Crippen LogP contribution in [0.5, 0.6) is 5.75 Å². The van der Waals surface area contributed by atoms with Crippen molar-refractivity contribution in [1.29, 1.82) is 0 Å². The van der Waals surface area contributed by atoms with Gasteiger partial charge in [-0.2, -0.15) is 0 Å². The van der Waals surface area contributed by atoms with Crippen molar-refractivity contribution >= 4 is 27.7 Å². The van der Waals surface area contributed by atoms with E-state index in [0.29, 0.717) is 12.2 Å². The van der Waals surface area contributed by atoms with Gasteiger partial charge in [-0.15, -0.1) is 0 Å². The van der Waals surface area contributed by atoms with Crippen LogP contribution in [0.3, 0.4) is 0 Å². The summed E-state index contributed by atoms with van der Waals surface area (Å²) in [5.74, 6) is 0.184. The summed E-state index contributed by atoms with van der Waals surface area (Å²) < 4.78 is 6.77. The molecule has 2 amide bonds. The highest BCUT2D eigenvalue weighted by Crippen LogP contribution is 2.19. The van der Waals surface area contributed by atoms with Gasteiger partial charge in [-0.1, -0.05) is 77.5 Å². The summed E-state index contributed by atoms with van der Waals surface area (Å²) in [5.41, 5.74) is 2.67. The van der Waals surface area contributed by atoms with E-state index in [1.165, 1.54) is 5.56 Å². The third kappa shape index (κ3) is 8.52. The number of hydrogen-bond donors (Lipinski definition) is 1. The fraction of sp³-hybridized carbons (Fsp3) is 0.333. The Labute approximate surface area is 223 Å². The van der Waals surface area contributed by atoms with Crippen LogP contribution in [0.25, 0.3) is 0 Å². The molecule has 0 spiro atoms. The molecule has 0 heterocycles. The zero-order valence-electron chi connectivity index (χ0n) is 21.5. The number of nitrogens with zero attached hydrogens (tertiary/aromatic N) is 1. The zero-order chi connectivity index (χ0) is 26.1. The standard InChI is InChI=1S/C30H35BrN2O3/c1-5-22-14-16-26(17-15-22)36-21-28(34)33(20-24-12-9-13-25(31)18-24)27(29(35)32-30(2,3)4)19-23-10-7-6-8-11-23/h6-18,27H,5,19-21H2,1-4H3,(H,32,35). The predicted molar refractivity (Wildman–Crippen MR) is 148 cm³/mol. The van der Waals surface area contributed by atoms with E-state index in [2.05, 4.69) is 28.2 Å². The van der Waals surface area contributed by atoms with Gasteiger partial charge in [0.1, 0.15) is 11.8 Å². The van der Waals surface area contributed by atoms with Crippen LogP contribution >= 0.6 is 15.9 Å². The van der Waals surface area contributed by atoms with E-state index in [1.54, 1.807) is 4.90 Å². The molecular weight excluding hydrogens is 516 g/mol. The molecule has 3 aromatic carbocycles. The molecule has 0 aliphatic carbocycles. The summed E-state index contributed by atoms with van der Waals surface area (Å²) in [5, 5.41) is 3.08. The highest BCUT2D eigenvalue weighted by Gasteiger charge is 2.32. The van der Waals surface area contributed by atoms with E-state index < -0.39 is 11.6 Å². The van der Waals surface area contributed by atoms with E-state index in [0.717, 1.165) is 22.0 Å². The topological polar surface area (TPSA) is 58.6 Å². The number of aryl methyl sites for hydroxylation is 1. The minimum Gasteiger partial charge on any atom is -0.484 e. The summed E-state index contributed by atoms with van der Waals surface area (Å²) in [7, 11) is 0. The molecule has 0 fully saturated rings. The van der Waals surface area contributed by atoms with Gasteiger partial charge in [-0.05, 0) is 68.1 Å². The molecule has 1 N–H and O–H groups in total. The van der Waals surface area contributed by atoms with Gasteiger partial charge in [-0.25, -0.2) is 0 Å². The Morgan fingerprint density at radius 2 is 1.58 bits per heavy atom. The van der Waals surface area contributed by atoms with Crippen molar-refractivity contribution in [3.05, 3.63) is 100 Å². The lowest BCUT2D eigenvalue weighted by Crippen LogP contribution is -2.55. The molecule has 0 bridgehead atoms. The average molecular weight is 552 g/mol. The van der Waals surface area contributed by atoms with E-state index in [9.17, 15) is 9.59 Å². The van der Waals surface area contributed by atoms with Crippen LogP contribution in [0.15, 0.2) is 83.3 Å². The molecule has 5 nitrogen and oxygen atoms in total. The number of nitrogens with one attached hydrogen (secondary N) is 1. The normalized spacial score (nSPS) is 12.0. The number of amides is 2. The maximum absolute atomic E-state index is 13.6. The third-order valence-electron chi connectivity index (χ3n) is 5.71. The second-order valence-corrected chi connectivity index (χ2v) is 10.8. The van der Waals surface area contributed by atoms with Crippen LogP contribution in [0.4, 0.5) is 0 Å². The molecule has 0 saturated carbocycles. The maximum atomic E-state index is 13.6. The Bertz CT molecular complexity index is 1140. The SMILES string of the molecule is CCc1ccc(OCC(=O)N(Cc2cccc(Br)c2)C(Cc2ccccc2)C(=O)NC(C)(C)C)cc1. The second kappa shape index (κ2) is 12.7. The van der Waals surface area contributed by atoms with Crippen molar-refractivity contribution in [1.82, 2.24) is 10.2 Å². The first kappa shape index (κ1) is 27.5. The van der Waals surface area contributed by atoms with Gasteiger partial charge in [0.05, 0.1) is 0 Å². The Hall–Kier alpha value is -3.12. The number of hydrogen-bond acceptors (Lipinski definition) is 3. The van der Waals surface area contributed by atoms with Crippen molar-refractivity contribution in [2.24, 2.45) is 0 Å². The van der Waals surface area contributed by atoms with Crippen LogP contribution in [-0.4, -0.2) is 34.9 Å². The third-order valence-corrected chi connectivity index (χ3v) is 6.20. The average Bonchev–Trinajstić information content (AvgIpc) is 2.84. The van der Waals surface area contributed by atoms with E-state index >= 15 is 0 Å². The van der Waals surface area contributed by atoms with Crippen LogP contribution in [0, 0.1) is 0 Å². The Morgan fingerprint density at radius 1 is 0.917 bits per heavy atom. The molecular formula is C30H35BrN2O3. The molecule has 3 aromatic rings. The Balaban J connectivity index is 1.91. The monoisotopic (exact) mass is 550 g/mol. The Morgan fingerprint density at radius 3 is 2.19 bits per heavy atom. The number of carbonyl (C=O) groups is 2. The molecule has 6 heteroatoms. The second-order valence-electron chi connectivity index (χ2n) is 9.88. The fourth-order valence-electron chi connectivity index (χ4n) is 3.89. The lowest BCUT2D eigenvalue weighted by molar-refractivity contribution is -0.143. The number of halogens is 1. The maximum Gasteiger partial charge on any atom is 0.261 e. The summed E-state index contributed by atoms with van der Waals surface area (Å²) in [6, 6.07) is 24.6. The highest BCUT2D eigenvalue weighted by atomic mass is 79.9. The van der Waals surface area contributed by atoms with E-state index in [4.69, 9.17) is 4.74 Å². The number of carbonyl (C=O) groups excluding carboxylic acids is 2. The molecule has 0 aliphatic heterocycles. The van der Waals surface area contributed by atoms with Crippen molar-refractivity contribution in [3.8, 4) is 5.75 Å². The summed E-state index contributed by atoms with van der Waals surface area (Å²) in [6.07, 6.45) is 1.33. The zero-order valence-corrected chi connectivity index (χ0v) is 23.0. The summed E-state index contributed by atoms with van der Waals surface area (Å²) in [4.78, 5) is 28.8.